The molecule has 3 aromatic rings. The molecule has 0 aliphatic rings. The largest absolute Gasteiger partial charge is 0.364 e. The lowest BCUT2D eigenvalue weighted by Crippen LogP contribution is -2.00. The molecule has 0 saturated heterocycles. The SMILES string of the molecule is Cc1ncc(CNc2ncnc3sccc23)s1. The molecule has 6 heteroatoms. The number of thiophene rings is 1. The zero-order valence-electron chi connectivity index (χ0n) is 9.17. The van der Waals surface area contributed by atoms with Gasteiger partial charge in [-0.2, -0.15) is 0 Å². The maximum atomic E-state index is 4.27. The maximum absolute atomic E-state index is 4.27. The Morgan fingerprint density at radius 1 is 1.29 bits per heavy atom. The highest BCUT2D eigenvalue weighted by molar-refractivity contribution is 7.16. The second-order valence-corrected chi connectivity index (χ2v) is 5.77. The number of aromatic nitrogens is 3. The summed E-state index contributed by atoms with van der Waals surface area (Å²) < 4.78 is 0. The number of thiazole rings is 1. The molecule has 0 aromatic carbocycles. The average molecular weight is 262 g/mol. The topological polar surface area (TPSA) is 50.7 Å². The van der Waals surface area contributed by atoms with Gasteiger partial charge in [-0.15, -0.1) is 22.7 Å². The number of anilines is 1. The molecule has 0 unspecified atom stereocenters. The van der Waals surface area contributed by atoms with Crippen LogP contribution >= 0.6 is 22.7 Å². The van der Waals surface area contributed by atoms with Gasteiger partial charge in [-0.1, -0.05) is 0 Å². The summed E-state index contributed by atoms with van der Waals surface area (Å²) >= 11 is 3.33. The van der Waals surface area contributed by atoms with E-state index in [0.717, 1.165) is 27.6 Å². The molecule has 0 bridgehead atoms. The van der Waals surface area contributed by atoms with Gasteiger partial charge >= 0.3 is 0 Å². The summed E-state index contributed by atoms with van der Waals surface area (Å²) in [5.74, 6) is 0.891. The van der Waals surface area contributed by atoms with Gasteiger partial charge in [0.1, 0.15) is 17.0 Å². The minimum atomic E-state index is 0.757. The lowest BCUT2D eigenvalue weighted by molar-refractivity contribution is 1.12. The standard InChI is InChI=1S/C11H10N4S2/c1-7-12-4-8(17-7)5-13-10-9-2-3-16-11(9)15-6-14-10/h2-4,6H,5H2,1H3,(H,13,14,15). The van der Waals surface area contributed by atoms with E-state index in [4.69, 9.17) is 0 Å². The first kappa shape index (κ1) is 10.6. The summed E-state index contributed by atoms with van der Waals surface area (Å²) in [7, 11) is 0. The summed E-state index contributed by atoms with van der Waals surface area (Å²) in [5, 5.41) is 7.53. The zero-order chi connectivity index (χ0) is 11.7. The Hall–Kier alpha value is -1.53. The number of rotatable bonds is 3. The predicted molar refractivity (Wildman–Crippen MR) is 71.6 cm³/mol. The summed E-state index contributed by atoms with van der Waals surface area (Å²) in [6.07, 6.45) is 3.50. The molecular formula is C11H10N4S2. The number of hydrogen-bond acceptors (Lipinski definition) is 6. The molecule has 3 rings (SSSR count). The molecule has 0 spiro atoms. The highest BCUT2D eigenvalue weighted by Crippen LogP contribution is 2.24. The molecular weight excluding hydrogens is 252 g/mol. The van der Waals surface area contributed by atoms with Crippen molar-refractivity contribution in [3.63, 3.8) is 0 Å². The van der Waals surface area contributed by atoms with Crippen molar-refractivity contribution in [3.8, 4) is 0 Å². The van der Waals surface area contributed by atoms with Crippen molar-refractivity contribution >= 4 is 38.7 Å². The van der Waals surface area contributed by atoms with Crippen molar-refractivity contribution in [2.45, 2.75) is 13.5 Å². The van der Waals surface area contributed by atoms with Crippen LogP contribution < -0.4 is 5.32 Å². The van der Waals surface area contributed by atoms with Crippen LogP contribution in [0, 0.1) is 6.92 Å². The number of aryl methyl sites for hydroxylation is 1. The van der Waals surface area contributed by atoms with Crippen molar-refractivity contribution < 1.29 is 0 Å². The third-order valence-electron chi connectivity index (χ3n) is 2.36. The average Bonchev–Trinajstić information content (AvgIpc) is 2.94. The second kappa shape index (κ2) is 4.38. The Morgan fingerprint density at radius 2 is 2.24 bits per heavy atom. The Labute approximate surface area is 106 Å². The van der Waals surface area contributed by atoms with Crippen LogP contribution in [0.1, 0.15) is 9.88 Å². The summed E-state index contributed by atoms with van der Waals surface area (Å²) in [4.78, 5) is 14.9. The van der Waals surface area contributed by atoms with Gasteiger partial charge in [-0.05, 0) is 18.4 Å². The van der Waals surface area contributed by atoms with Crippen molar-refractivity contribution in [1.82, 2.24) is 15.0 Å². The van der Waals surface area contributed by atoms with Crippen LogP contribution in [-0.4, -0.2) is 15.0 Å². The molecule has 0 aliphatic heterocycles. The normalized spacial score (nSPS) is 10.9. The second-order valence-electron chi connectivity index (χ2n) is 3.56. The number of fused-ring (bicyclic) bond motifs is 1. The summed E-state index contributed by atoms with van der Waals surface area (Å²) in [6.45, 7) is 2.77. The van der Waals surface area contributed by atoms with Crippen molar-refractivity contribution in [3.05, 3.63) is 33.9 Å². The number of nitrogens with zero attached hydrogens (tertiary/aromatic N) is 3. The van der Waals surface area contributed by atoms with E-state index in [-0.39, 0.29) is 0 Å². The van der Waals surface area contributed by atoms with Gasteiger partial charge in [0.25, 0.3) is 0 Å². The molecule has 0 atom stereocenters. The first-order valence-electron chi connectivity index (χ1n) is 5.16. The number of hydrogen-bond donors (Lipinski definition) is 1. The Kier molecular flexibility index (Phi) is 2.74. The van der Waals surface area contributed by atoms with E-state index in [1.807, 2.05) is 24.6 Å². The van der Waals surface area contributed by atoms with Gasteiger partial charge in [0.15, 0.2) is 0 Å². The monoisotopic (exact) mass is 262 g/mol. The molecule has 0 radical (unpaired) electrons. The van der Waals surface area contributed by atoms with E-state index in [9.17, 15) is 0 Å². The first-order valence-corrected chi connectivity index (χ1v) is 6.86. The van der Waals surface area contributed by atoms with Gasteiger partial charge in [0.05, 0.1) is 16.9 Å². The minimum absolute atomic E-state index is 0.757. The fraction of sp³-hybridized carbons (Fsp3) is 0.182. The highest BCUT2D eigenvalue weighted by atomic mass is 32.1. The molecule has 1 N–H and O–H groups in total. The molecule has 86 valence electrons. The fourth-order valence-electron chi connectivity index (χ4n) is 1.59. The van der Waals surface area contributed by atoms with Gasteiger partial charge < -0.3 is 5.32 Å². The van der Waals surface area contributed by atoms with Crippen LogP contribution in [-0.2, 0) is 6.54 Å². The van der Waals surface area contributed by atoms with Crippen molar-refractivity contribution in [2.75, 3.05) is 5.32 Å². The Morgan fingerprint density at radius 3 is 3.06 bits per heavy atom. The molecule has 3 aromatic heterocycles. The van der Waals surface area contributed by atoms with E-state index in [1.165, 1.54) is 4.88 Å². The third-order valence-corrected chi connectivity index (χ3v) is 4.09. The van der Waals surface area contributed by atoms with Gasteiger partial charge in [0, 0.05) is 11.1 Å². The highest BCUT2D eigenvalue weighted by Gasteiger charge is 2.05. The van der Waals surface area contributed by atoms with Crippen LogP contribution in [0.3, 0.4) is 0 Å². The van der Waals surface area contributed by atoms with Crippen LogP contribution in [0.4, 0.5) is 5.82 Å². The van der Waals surface area contributed by atoms with Crippen LogP contribution in [0.5, 0.6) is 0 Å². The molecule has 0 saturated carbocycles. The zero-order valence-corrected chi connectivity index (χ0v) is 10.8. The minimum Gasteiger partial charge on any atom is -0.364 e. The van der Waals surface area contributed by atoms with Crippen LogP contribution in [0.2, 0.25) is 0 Å². The van der Waals surface area contributed by atoms with E-state index < -0.39 is 0 Å². The van der Waals surface area contributed by atoms with Crippen LogP contribution in [0.15, 0.2) is 24.0 Å². The smallest absolute Gasteiger partial charge is 0.138 e. The van der Waals surface area contributed by atoms with Gasteiger partial charge in [-0.3, -0.25) is 0 Å². The lowest BCUT2D eigenvalue weighted by atomic mass is 10.4. The quantitative estimate of drug-likeness (QED) is 0.788. The van der Waals surface area contributed by atoms with Gasteiger partial charge in [0.2, 0.25) is 0 Å². The summed E-state index contributed by atoms with van der Waals surface area (Å²) in [6, 6.07) is 2.04. The third kappa shape index (κ3) is 2.13. The Bertz CT molecular complexity index is 644. The molecule has 4 nitrogen and oxygen atoms in total. The van der Waals surface area contributed by atoms with Crippen LogP contribution in [0.25, 0.3) is 10.2 Å². The van der Waals surface area contributed by atoms with E-state index in [1.54, 1.807) is 29.0 Å². The first-order chi connectivity index (χ1) is 8.33. The van der Waals surface area contributed by atoms with E-state index in [2.05, 4.69) is 20.3 Å². The lowest BCUT2D eigenvalue weighted by Gasteiger charge is -2.03. The van der Waals surface area contributed by atoms with Crippen molar-refractivity contribution in [1.29, 1.82) is 0 Å². The van der Waals surface area contributed by atoms with Crippen molar-refractivity contribution in [2.24, 2.45) is 0 Å². The fourth-order valence-corrected chi connectivity index (χ4v) is 3.06. The molecule has 0 aliphatic carbocycles. The maximum Gasteiger partial charge on any atom is 0.138 e. The molecule has 3 heterocycles. The van der Waals surface area contributed by atoms with E-state index >= 15 is 0 Å². The summed E-state index contributed by atoms with van der Waals surface area (Å²) in [5.41, 5.74) is 0. The van der Waals surface area contributed by atoms with E-state index in [0.29, 0.717) is 0 Å². The number of nitrogens with one attached hydrogen (secondary N) is 1. The molecule has 0 amide bonds. The van der Waals surface area contributed by atoms with Gasteiger partial charge in [-0.25, -0.2) is 15.0 Å². The molecule has 0 fully saturated rings. The Balaban J connectivity index is 1.83. The predicted octanol–water partition coefficient (Wildman–Crippen LogP) is 3.07. The molecule has 17 heavy (non-hydrogen) atoms.